The van der Waals surface area contributed by atoms with E-state index in [0.29, 0.717) is 0 Å². The molecule has 0 radical (unpaired) electrons. The van der Waals surface area contributed by atoms with Gasteiger partial charge in [0.05, 0.1) is 0 Å². The molecule has 0 saturated carbocycles. The second-order valence-corrected chi connectivity index (χ2v) is 2.25. The van der Waals surface area contributed by atoms with E-state index in [2.05, 4.69) is 6.58 Å². The van der Waals surface area contributed by atoms with Crippen molar-refractivity contribution in [3.63, 3.8) is 0 Å². The lowest BCUT2D eigenvalue weighted by Gasteiger charge is -2.01. The molecule has 0 bridgehead atoms. The maximum atomic E-state index is 5.54. The molecule has 0 aromatic rings. The van der Waals surface area contributed by atoms with Gasteiger partial charge in [-0.05, 0) is 19.4 Å². The summed E-state index contributed by atoms with van der Waals surface area (Å²) in [6.07, 6.45) is 7.77. The van der Waals surface area contributed by atoms with Crippen molar-refractivity contribution in [3.05, 3.63) is 36.5 Å². The lowest BCUT2D eigenvalue weighted by molar-refractivity contribution is 0.889. The summed E-state index contributed by atoms with van der Waals surface area (Å²) >= 11 is 0. The Hall–Kier alpha value is -0.820. The molecular weight excluding hydrogens is 122 g/mol. The van der Waals surface area contributed by atoms with Crippen LogP contribution in [0.3, 0.4) is 0 Å². The molecule has 56 valence electrons. The summed E-state index contributed by atoms with van der Waals surface area (Å²) in [5, 5.41) is 0. The van der Waals surface area contributed by atoms with Crippen LogP contribution < -0.4 is 5.73 Å². The average Bonchev–Trinajstić information content (AvgIpc) is 1.88. The lowest BCUT2D eigenvalue weighted by Crippen LogP contribution is -2.15. The van der Waals surface area contributed by atoms with E-state index in [-0.39, 0.29) is 6.04 Å². The van der Waals surface area contributed by atoms with Gasteiger partial charge < -0.3 is 5.73 Å². The fourth-order valence-corrected chi connectivity index (χ4v) is 0.442. The predicted molar refractivity (Wildman–Crippen MR) is 46.7 cm³/mol. The summed E-state index contributed by atoms with van der Waals surface area (Å²) < 4.78 is 0. The molecule has 0 fully saturated rings. The highest BCUT2D eigenvalue weighted by atomic mass is 14.6. The second kappa shape index (κ2) is 5.00. The van der Waals surface area contributed by atoms with E-state index in [0.717, 1.165) is 5.57 Å². The highest BCUT2D eigenvalue weighted by Crippen LogP contribution is 1.96. The molecule has 2 N–H and O–H groups in total. The summed E-state index contributed by atoms with van der Waals surface area (Å²) in [7, 11) is 0. The zero-order chi connectivity index (χ0) is 7.98. The van der Waals surface area contributed by atoms with Gasteiger partial charge in [0.25, 0.3) is 0 Å². The summed E-state index contributed by atoms with van der Waals surface area (Å²) in [5.74, 6) is 0. The van der Waals surface area contributed by atoms with Crippen molar-refractivity contribution in [3.8, 4) is 0 Å². The highest BCUT2D eigenvalue weighted by molar-refractivity contribution is 5.22. The molecule has 0 heterocycles. The Kier molecular flexibility index (Phi) is 4.59. The van der Waals surface area contributed by atoms with Crippen LogP contribution >= 0.6 is 0 Å². The topological polar surface area (TPSA) is 26.0 Å². The predicted octanol–water partition coefficient (Wildman–Crippen LogP) is 2.02. The van der Waals surface area contributed by atoms with Gasteiger partial charge in [-0.25, -0.2) is 0 Å². The van der Waals surface area contributed by atoms with Gasteiger partial charge in [-0.2, -0.15) is 0 Å². The first kappa shape index (κ1) is 9.18. The molecular formula is C9H15N. The fourth-order valence-electron chi connectivity index (χ4n) is 0.442. The van der Waals surface area contributed by atoms with Gasteiger partial charge in [0, 0.05) is 6.04 Å². The number of rotatable bonds is 3. The Morgan fingerprint density at radius 2 is 2.10 bits per heavy atom. The Labute approximate surface area is 62.9 Å². The number of hydrogen-bond acceptors (Lipinski definition) is 1. The summed E-state index contributed by atoms with van der Waals surface area (Å²) in [6.45, 7) is 7.67. The SMILES string of the molecule is C=C(/C=C\C=C/C)[C@@H](C)N. The van der Waals surface area contributed by atoms with Crippen molar-refractivity contribution >= 4 is 0 Å². The van der Waals surface area contributed by atoms with Crippen LogP contribution in [0.4, 0.5) is 0 Å². The smallest absolute Gasteiger partial charge is 0.0260 e. The number of allylic oxidation sites excluding steroid dienone is 3. The van der Waals surface area contributed by atoms with Gasteiger partial charge in [0.1, 0.15) is 0 Å². The van der Waals surface area contributed by atoms with E-state index in [1.54, 1.807) is 0 Å². The zero-order valence-corrected chi connectivity index (χ0v) is 6.67. The van der Waals surface area contributed by atoms with Crippen LogP contribution in [0.1, 0.15) is 13.8 Å². The Bertz CT molecular complexity index is 152. The molecule has 1 atom stereocenters. The molecule has 0 aliphatic carbocycles. The first-order valence-corrected chi connectivity index (χ1v) is 3.42. The van der Waals surface area contributed by atoms with Crippen LogP contribution in [-0.4, -0.2) is 6.04 Å². The monoisotopic (exact) mass is 137 g/mol. The molecule has 1 nitrogen and oxygen atoms in total. The third-order valence-electron chi connectivity index (χ3n) is 1.20. The van der Waals surface area contributed by atoms with Crippen molar-refractivity contribution in [2.45, 2.75) is 19.9 Å². The first-order valence-electron chi connectivity index (χ1n) is 3.42. The van der Waals surface area contributed by atoms with Gasteiger partial charge in [0.2, 0.25) is 0 Å². The van der Waals surface area contributed by atoms with Crippen molar-refractivity contribution in [1.82, 2.24) is 0 Å². The molecule has 0 spiro atoms. The standard InChI is InChI=1S/C9H15N/c1-4-5-6-7-8(2)9(3)10/h4-7,9H,2,10H2,1,3H3/b5-4-,7-6-/t9-/m1/s1. The van der Waals surface area contributed by atoms with Crippen molar-refractivity contribution in [2.75, 3.05) is 0 Å². The highest BCUT2D eigenvalue weighted by Gasteiger charge is 1.92. The Morgan fingerprint density at radius 1 is 1.50 bits per heavy atom. The molecule has 0 rings (SSSR count). The maximum absolute atomic E-state index is 5.54. The van der Waals surface area contributed by atoms with Gasteiger partial charge >= 0.3 is 0 Å². The molecule has 0 saturated heterocycles. The van der Waals surface area contributed by atoms with Crippen LogP contribution in [0.15, 0.2) is 36.5 Å². The molecule has 0 unspecified atom stereocenters. The quantitative estimate of drug-likeness (QED) is 0.592. The van der Waals surface area contributed by atoms with Gasteiger partial charge in [-0.3, -0.25) is 0 Å². The normalized spacial score (nSPS) is 14.7. The Morgan fingerprint density at radius 3 is 2.50 bits per heavy atom. The Balaban J connectivity index is 3.78. The van der Waals surface area contributed by atoms with Crippen molar-refractivity contribution < 1.29 is 0 Å². The average molecular weight is 137 g/mol. The van der Waals surface area contributed by atoms with E-state index in [9.17, 15) is 0 Å². The van der Waals surface area contributed by atoms with Crippen LogP contribution in [0.5, 0.6) is 0 Å². The van der Waals surface area contributed by atoms with E-state index in [4.69, 9.17) is 5.73 Å². The third-order valence-corrected chi connectivity index (χ3v) is 1.20. The van der Waals surface area contributed by atoms with Crippen molar-refractivity contribution in [2.24, 2.45) is 5.73 Å². The first-order chi connectivity index (χ1) is 4.68. The molecule has 0 aromatic carbocycles. The molecule has 0 aliphatic rings. The zero-order valence-electron chi connectivity index (χ0n) is 6.67. The van der Waals surface area contributed by atoms with Gasteiger partial charge in [-0.15, -0.1) is 0 Å². The van der Waals surface area contributed by atoms with Crippen LogP contribution in [-0.2, 0) is 0 Å². The largest absolute Gasteiger partial charge is 0.324 e. The minimum Gasteiger partial charge on any atom is -0.324 e. The molecule has 0 aromatic heterocycles. The summed E-state index contributed by atoms with van der Waals surface area (Å²) in [4.78, 5) is 0. The van der Waals surface area contributed by atoms with Gasteiger partial charge in [-0.1, -0.05) is 30.9 Å². The maximum Gasteiger partial charge on any atom is 0.0260 e. The van der Waals surface area contributed by atoms with E-state index in [1.807, 2.05) is 38.2 Å². The number of nitrogens with two attached hydrogens (primary N) is 1. The summed E-state index contributed by atoms with van der Waals surface area (Å²) in [5.41, 5.74) is 6.50. The van der Waals surface area contributed by atoms with Crippen molar-refractivity contribution in [1.29, 1.82) is 0 Å². The van der Waals surface area contributed by atoms with E-state index in [1.165, 1.54) is 0 Å². The molecule has 0 aliphatic heterocycles. The molecule has 1 heteroatoms. The third kappa shape index (κ3) is 4.10. The minimum atomic E-state index is 0.0570. The fraction of sp³-hybridized carbons (Fsp3) is 0.333. The second-order valence-electron chi connectivity index (χ2n) is 2.25. The lowest BCUT2D eigenvalue weighted by atomic mass is 10.1. The van der Waals surface area contributed by atoms with E-state index < -0.39 is 0 Å². The number of hydrogen-bond donors (Lipinski definition) is 1. The summed E-state index contributed by atoms with van der Waals surface area (Å²) in [6, 6.07) is 0.0570. The minimum absolute atomic E-state index is 0.0570. The van der Waals surface area contributed by atoms with Crippen LogP contribution in [0.2, 0.25) is 0 Å². The van der Waals surface area contributed by atoms with E-state index >= 15 is 0 Å². The van der Waals surface area contributed by atoms with Gasteiger partial charge in [0.15, 0.2) is 0 Å². The van der Waals surface area contributed by atoms with Crippen LogP contribution in [0, 0.1) is 0 Å². The van der Waals surface area contributed by atoms with Crippen LogP contribution in [0.25, 0.3) is 0 Å². The molecule has 0 amide bonds. The molecule has 10 heavy (non-hydrogen) atoms.